The lowest BCUT2D eigenvalue weighted by atomic mass is 9.88. The van der Waals surface area contributed by atoms with E-state index in [0.29, 0.717) is 12.3 Å². The summed E-state index contributed by atoms with van der Waals surface area (Å²) in [6, 6.07) is 6.12. The van der Waals surface area contributed by atoms with Gasteiger partial charge in [0, 0.05) is 11.8 Å². The minimum Gasteiger partial charge on any atom is -0.460 e. The summed E-state index contributed by atoms with van der Waals surface area (Å²) in [4.78, 5) is 12.0. The number of carbonyl (C=O) groups is 1. The largest absolute Gasteiger partial charge is 0.460 e. The van der Waals surface area contributed by atoms with Gasteiger partial charge in [0.1, 0.15) is 11.3 Å². The number of aromatic nitrogens is 1. The lowest BCUT2D eigenvalue weighted by molar-refractivity contribution is -0.116. The highest BCUT2D eigenvalue weighted by Gasteiger charge is 2.35. The number of nitrogens with one attached hydrogen (secondary N) is 1. The SMILES string of the molecule is Cc1ccc2oc(C3CC(=O)Nc4onc(C)c43)c(C)c2c1. The zero-order valence-electron chi connectivity index (χ0n) is 12.7. The predicted octanol–water partition coefficient (Wildman–Crippen LogP) is 3.82. The topological polar surface area (TPSA) is 68.3 Å². The number of carbonyl (C=O) groups excluding carboxylic acids is 1. The average Bonchev–Trinajstić information content (AvgIpc) is 3.00. The third-order valence-corrected chi connectivity index (χ3v) is 4.34. The quantitative estimate of drug-likeness (QED) is 0.741. The third kappa shape index (κ3) is 1.78. The van der Waals surface area contributed by atoms with Crippen molar-refractivity contribution in [3.63, 3.8) is 0 Å². The zero-order valence-corrected chi connectivity index (χ0v) is 12.7. The molecule has 5 nitrogen and oxygen atoms in total. The van der Waals surface area contributed by atoms with Crippen LogP contribution in [0.15, 0.2) is 27.1 Å². The van der Waals surface area contributed by atoms with Gasteiger partial charge in [0.15, 0.2) is 0 Å². The number of fused-ring (bicyclic) bond motifs is 2. The number of hydrogen-bond acceptors (Lipinski definition) is 4. The molecular formula is C17H16N2O3. The normalized spacial score (nSPS) is 17.6. The van der Waals surface area contributed by atoms with Gasteiger partial charge in [0.05, 0.1) is 17.2 Å². The van der Waals surface area contributed by atoms with Crippen molar-refractivity contribution in [2.45, 2.75) is 33.1 Å². The molecule has 1 aliphatic rings. The summed E-state index contributed by atoms with van der Waals surface area (Å²) in [5.74, 6) is 1.03. The van der Waals surface area contributed by atoms with Crippen LogP contribution in [0, 0.1) is 20.8 Å². The predicted molar refractivity (Wildman–Crippen MR) is 82.0 cm³/mol. The van der Waals surface area contributed by atoms with Gasteiger partial charge in [-0.3, -0.25) is 10.1 Å². The van der Waals surface area contributed by atoms with Gasteiger partial charge in [0.2, 0.25) is 11.8 Å². The van der Waals surface area contributed by atoms with Gasteiger partial charge < -0.3 is 8.94 Å². The molecule has 0 spiro atoms. The van der Waals surface area contributed by atoms with Crippen molar-refractivity contribution in [3.8, 4) is 0 Å². The lowest BCUT2D eigenvalue weighted by Gasteiger charge is -2.20. The Morgan fingerprint density at radius 1 is 1.27 bits per heavy atom. The first-order chi connectivity index (χ1) is 10.5. The third-order valence-electron chi connectivity index (χ3n) is 4.34. The number of anilines is 1. The molecule has 0 radical (unpaired) electrons. The molecule has 3 aromatic rings. The molecule has 0 bridgehead atoms. The summed E-state index contributed by atoms with van der Waals surface area (Å²) in [7, 11) is 0. The summed E-state index contributed by atoms with van der Waals surface area (Å²) in [5, 5.41) is 7.80. The fourth-order valence-electron chi connectivity index (χ4n) is 3.25. The molecule has 1 aromatic carbocycles. The molecule has 0 saturated heterocycles. The van der Waals surface area contributed by atoms with E-state index in [1.807, 2.05) is 26.0 Å². The van der Waals surface area contributed by atoms with Crippen molar-refractivity contribution < 1.29 is 13.7 Å². The maximum absolute atomic E-state index is 12.0. The van der Waals surface area contributed by atoms with Crippen LogP contribution >= 0.6 is 0 Å². The molecule has 5 heteroatoms. The molecule has 3 heterocycles. The smallest absolute Gasteiger partial charge is 0.235 e. The molecule has 0 fully saturated rings. The van der Waals surface area contributed by atoms with Crippen LogP contribution in [0.4, 0.5) is 5.88 Å². The van der Waals surface area contributed by atoms with Crippen molar-refractivity contribution in [1.82, 2.24) is 5.16 Å². The summed E-state index contributed by atoms with van der Waals surface area (Å²) in [6.45, 7) is 5.98. The molecule has 112 valence electrons. The van der Waals surface area contributed by atoms with Crippen LogP contribution in [-0.4, -0.2) is 11.1 Å². The Morgan fingerprint density at radius 2 is 2.09 bits per heavy atom. The first kappa shape index (κ1) is 13.1. The average molecular weight is 296 g/mol. The second-order valence-electron chi connectivity index (χ2n) is 5.91. The molecule has 1 atom stereocenters. The molecule has 2 aromatic heterocycles. The van der Waals surface area contributed by atoms with Crippen molar-refractivity contribution in [2.75, 3.05) is 5.32 Å². The van der Waals surface area contributed by atoms with Gasteiger partial charge in [-0.15, -0.1) is 0 Å². The standard InChI is InChI=1S/C17H16N2O3/c1-8-4-5-13-11(6-8)9(2)16(21-13)12-7-14(20)18-17-15(12)10(3)19-22-17/h4-6,12H,7H2,1-3H3,(H,18,20). The summed E-state index contributed by atoms with van der Waals surface area (Å²) in [6.07, 6.45) is 0.342. The van der Waals surface area contributed by atoms with E-state index in [9.17, 15) is 4.79 Å². The van der Waals surface area contributed by atoms with E-state index in [4.69, 9.17) is 8.94 Å². The number of rotatable bonds is 1. The number of amides is 1. The Hall–Kier alpha value is -2.56. The van der Waals surface area contributed by atoms with Crippen molar-refractivity contribution in [2.24, 2.45) is 0 Å². The Labute approximate surface area is 127 Å². The Bertz CT molecular complexity index is 904. The summed E-state index contributed by atoms with van der Waals surface area (Å²) in [5.41, 5.74) is 4.81. The minimum absolute atomic E-state index is 0.0790. The van der Waals surface area contributed by atoms with Crippen LogP contribution in [-0.2, 0) is 4.79 Å². The molecule has 1 amide bonds. The Balaban J connectivity index is 1.94. The number of benzene rings is 1. The van der Waals surface area contributed by atoms with E-state index >= 15 is 0 Å². The van der Waals surface area contributed by atoms with Gasteiger partial charge in [-0.05, 0) is 38.5 Å². The van der Waals surface area contributed by atoms with Gasteiger partial charge in [0.25, 0.3) is 0 Å². The molecule has 1 aliphatic heterocycles. The maximum atomic E-state index is 12.0. The molecule has 1 N–H and O–H groups in total. The lowest BCUT2D eigenvalue weighted by Crippen LogP contribution is -2.23. The molecule has 0 aliphatic carbocycles. The summed E-state index contributed by atoms with van der Waals surface area (Å²) < 4.78 is 11.3. The Morgan fingerprint density at radius 3 is 2.91 bits per heavy atom. The highest BCUT2D eigenvalue weighted by molar-refractivity contribution is 5.94. The first-order valence-corrected chi connectivity index (χ1v) is 7.30. The number of nitrogens with zero attached hydrogens (tertiary/aromatic N) is 1. The highest BCUT2D eigenvalue weighted by atomic mass is 16.5. The van der Waals surface area contributed by atoms with Gasteiger partial charge in [-0.25, -0.2) is 0 Å². The van der Waals surface area contributed by atoms with E-state index in [2.05, 4.69) is 23.5 Å². The molecular weight excluding hydrogens is 280 g/mol. The fourth-order valence-corrected chi connectivity index (χ4v) is 3.25. The van der Waals surface area contributed by atoms with E-state index < -0.39 is 0 Å². The van der Waals surface area contributed by atoms with Crippen LogP contribution in [0.1, 0.15) is 40.5 Å². The number of aryl methyl sites for hydroxylation is 3. The van der Waals surface area contributed by atoms with Crippen molar-refractivity contribution >= 4 is 22.8 Å². The van der Waals surface area contributed by atoms with E-state index in [1.54, 1.807) is 0 Å². The van der Waals surface area contributed by atoms with Crippen molar-refractivity contribution in [3.05, 3.63) is 46.3 Å². The van der Waals surface area contributed by atoms with Crippen LogP contribution in [0.5, 0.6) is 0 Å². The van der Waals surface area contributed by atoms with E-state index in [1.165, 1.54) is 5.56 Å². The van der Waals surface area contributed by atoms with E-state index in [-0.39, 0.29) is 11.8 Å². The van der Waals surface area contributed by atoms with Crippen LogP contribution in [0.2, 0.25) is 0 Å². The van der Waals surface area contributed by atoms with Gasteiger partial charge in [-0.1, -0.05) is 16.8 Å². The van der Waals surface area contributed by atoms with Crippen LogP contribution in [0.3, 0.4) is 0 Å². The first-order valence-electron chi connectivity index (χ1n) is 7.30. The number of hydrogen-bond donors (Lipinski definition) is 1. The monoisotopic (exact) mass is 296 g/mol. The fraction of sp³-hybridized carbons (Fsp3) is 0.294. The zero-order chi connectivity index (χ0) is 15.4. The Kier molecular flexibility index (Phi) is 2.66. The second-order valence-corrected chi connectivity index (χ2v) is 5.91. The van der Waals surface area contributed by atoms with E-state index in [0.717, 1.165) is 33.6 Å². The maximum Gasteiger partial charge on any atom is 0.235 e. The summed E-state index contributed by atoms with van der Waals surface area (Å²) >= 11 is 0. The minimum atomic E-state index is -0.150. The molecule has 22 heavy (non-hydrogen) atoms. The highest BCUT2D eigenvalue weighted by Crippen LogP contribution is 2.42. The second kappa shape index (κ2) is 4.47. The van der Waals surface area contributed by atoms with Crippen LogP contribution < -0.4 is 5.32 Å². The van der Waals surface area contributed by atoms with Gasteiger partial charge >= 0.3 is 0 Å². The van der Waals surface area contributed by atoms with Crippen molar-refractivity contribution in [1.29, 1.82) is 0 Å². The molecule has 1 unspecified atom stereocenters. The molecule has 4 rings (SSSR count). The number of furan rings is 1. The van der Waals surface area contributed by atoms with Crippen LogP contribution in [0.25, 0.3) is 11.0 Å². The van der Waals surface area contributed by atoms with Gasteiger partial charge in [-0.2, -0.15) is 0 Å². The molecule has 0 saturated carbocycles.